The molecule has 1 atom stereocenters. The highest BCUT2D eigenvalue weighted by molar-refractivity contribution is 9.10. The maximum atomic E-state index is 12.3. The Labute approximate surface area is 142 Å². The highest BCUT2D eigenvalue weighted by atomic mass is 79.9. The van der Waals surface area contributed by atoms with Crippen molar-refractivity contribution in [2.75, 3.05) is 5.32 Å². The molecule has 1 amide bonds. The Bertz CT molecular complexity index is 650. The molecule has 1 unspecified atom stereocenters. The molecule has 2 aromatic rings. The first-order valence-corrected chi connectivity index (χ1v) is 8.46. The second-order valence-corrected chi connectivity index (χ2v) is 8.02. The van der Waals surface area contributed by atoms with Crippen molar-refractivity contribution in [2.45, 2.75) is 43.6 Å². The van der Waals surface area contributed by atoms with E-state index in [2.05, 4.69) is 36.8 Å². The van der Waals surface area contributed by atoms with Gasteiger partial charge in [0.25, 0.3) is 0 Å². The van der Waals surface area contributed by atoms with Crippen molar-refractivity contribution in [3.63, 3.8) is 0 Å². The average Bonchev–Trinajstić information content (AvgIpc) is 2.89. The number of carbonyl (C=O) groups excluding carboxylic acids is 1. The first-order chi connectivity index (χ1) is 10.3. The van der Waals surface area contributed by atoms with Gasteiger partial charge in [0, 0.05) is 10.2 Å². The van der Waals surface area contributed by atoms with Crippen molar-refractivity contribution in [3.8, 4) is 0 Å². The Kier molecular flexibility index (Phi) is 5.23. The van der Waals surface area contributed by atoms with E-state index in [0.717, 1.165) is 10.2 Å². The number of amides is 1. The second-order valence-electron chi connectivity index (χ2n) is 5.80. The highest BCUT2D eigenvalue weighted by Gasteiger charge is 2.24. The predicted octanol–water partition coefficient (Wildman–Crippen LogP) is 3.31. The van der Waals surface area contributed by atoms with Crippen LogP contribution in [0.3, 0.4) is 0 Å². The number of hydrogen-bond acceptors (Lipinski definition) is 5. The third-order valence-corrected chi connectivity index (χ3v) is 4.40. The number of anilines is 1. The van der Waals surface area contributed by atoms with Gasteiger partial charge in [0.1, 0.15) is 0 Å². The summed E-state index contributed by atoms with van der Waals surface area (Å²) in [6.45, 7) is 7.88. The molecule has 0 aliphatic heterocycles. The zero-order chi connectivity index (χ0) is 16.3. The third-order valence-electron chi connectivity index (χ3n) is 2.84. The summed E-state index contributed by atoms with van der Waals surface area (Å²) in [5.74, 6) is -0.0872. The van der Waals surface area contributed by atoms with Crippen molar-refractivity contribution in [3.05, 3.63) is 28.7 Å². The maximum Gasteiger partial charge on any atom is 0.237 e. The monoisotopic (exact) mass is 383 g/mol. The lowest BCUT2D eigenvalue weighted by Crippen LogP contribution is -2.27. The Morgan fingerprint density at radius 1 is 1.32 bits per heavy atom. The molecule has 0 saturated carbocycles. The largest absolute Gasteiger partial charge is 0.325 e. The van der Waals surface area contributed by atoms with Gasteiger partial charge in [0.15, 0.2) is 0 Å². The molecule has 22 heavy (non-hydrogen) atoms. The Hall–Kier alpha value is -1.41. The average molecular weight is 384 g/mol. The van der Waals surface area contributed by atoms with Crippen LogP contribution in [-0.4, -0.2) is 31.4 Å². The van der Waals surface area contributed by atoms with Crippen LogP contribution >= 0.6 is 27.7 Å². The quantitative estimate of drug-likeness (QED) is 0.819. The fourth-order valence-corrected chi connectivity index (χ4v) is 2.90. The molecule has 0 aliphatic rings. The molecule has 2 rings (SSSR count). The molecule has 1 N–H and O–H groups in total. The van der Waals surface area contributed by atoms with E-state index in [1.54, 1.807) is 4.68 Å². The SMILES string of the molecule is CC(Sc1nnnn1C(C)(C)C)C(=O)Nc1ccc(Br)cc1. The van der Waals surface area contributed by atoms with E-state index in [1.165, 1.54) is 11.8 Å². The number of hydrogen-bond donors (Lipinski definition) is 1. The van der Waals surface area contributed by atoms with E-state index >= 15 is 0 Å². The molecule has 0 fully saturated rings. The fourth-order valence-electron chi connectivity index (χ4n) is 1.66. The number of nitrogens with one attached hydrogen (secondary N) is 1. The number of thioether (sulfide) groups is 1. The standard InChI is InChI=1S/C14H18BrN5OS/c1-9(12(21)16-11-7-5-10(15)6-8-11)22-13-17-18-19-20(13)14(2,3)4/h5-9H,1-4H3,(H,16,21). The van der Waals surface area contributed by atoms with E-state index in [4.69, 9.17) is 0 Å². The van der Waals surface area contributed by atoms with Gasteiger partial charge in [-0.3, -0.25) is 4.79 Å². The van der Waals surface area contributed by atoms with E-state index < -0.39 is 0 Å². The number of rotatable bonds is 4. The van der Waals surface area contributed by atoms with Gasteiger partial charge in [0.05, 0.1) is 10.8 Å². The van der Waals surface area contributed by atoms with Crippen molar-refractivity contribution >= 4 is 39.3 Å². The van der Waals surface area contributed by atoms with Crippen LogP contribution in [-0.2, 0) is 10.3 Å². The summed E-state index contributed by atoms with van der Waals surface area (Å²) in [7, 11) is 0. The van der Waals surface area contributed by atoms with Crippen LogP contribution in [0.15, 0.2) is 33.9 Å². The van der Waals surface area contributed by atoms with Crippen molar-refractivity contribution in [2.24, 2.45) is 0 Å². The topological polar surface area (TPSA) is 72.7 Å². The molecule has 6 nitrogen and oxygen atoms in total. The van der Waals surface area contributed by atoms with Gasteiger partial charge in [-0.1, -0.05) is 27.7 Å². The van der Waals surface area contributed by atoms with Crippen LogP contribution in [0.5, 0.6) is 0 Å². The normalized spacial score (nSPS) is 13.0. The van der Waals surface area contributed by atoms with Gasteiger partial charge in [-0.15, -0.1) is 5.10 Å². The molecule has 118 valence electrons. The number of halogens is 1. The third kappa shape index (κ3) is 4.30. The number of carbonyl (C=O) groups is 1. The number of aromatic nitrogens is 4. The smallest absolute Gasteiger partial charge is 0.237 e. The van der Waals surface area contributed by atoms with Crippen molar-refractivity contribution in [1.29, 1.82) is 0 Å². The fraction of sp³-hybridized carbons (Fsp3) is 0.429. The first kappa shape index (κ1) is 17.0. The van der Waals surface area contributed by atoms with Gasteiger partial charge in [0.2, 0.25) is 11.1 Å². The van der Waals surface area contributed by atoms with E-state index in [9.17, 15) is 4.79 Å². The molecular formula is C14H18BrN5OS. The summed E-state index contributed by atoms with van der Waals surface area (Å²) in [5, 5.41) is 14.9. The summed E-state index contributed by atoms with van der Waals surface area (Å²) in [6.07, 6.45) is 0. The zero-order valence-electron chi connectivity index (χ0n) is 12.9. The highest BCUT2D eigenvalue weighted by Crippen LogP contribution is 2.26. The lowest BCUT2D eigenvalue weighted by Gasteiger charge is -2.20. The minimum absolute atomic E-state index is 0.0872. The maximum absolute atomic E-state index is 12.3. The summed E-state index contributed by atoms with van der Waals surface area (Å²) >= 11 is 4.70. The Morgan fingerprint density at radius 3 is 2.55 bits per heavy atom. The zero-order valence-corrected chi connectivity index (χ0v) is 15.3. The van der Waals surface area contributed by atoms with E-state index in [-0.39, 0.29) is 16.7 Å². The Balaban J connectivity index is 2.03. The van der Waals surface area contributed by atoms with Crippen LogP contribution in [0.2, 0.25) is 0 Å². The van der Waals surface area contributed by atoms with Crippen LogP contribution < -0.4 is 5.32 Å². The number of nitrogens with zero attached hydrogens (tertiary/aromatic N) is 4. The Morgan fingerprint density at radius 2 is 1.95 bits per heavy atom. The van der Waals surface area contributed by atoms with Crippen LogP contribution in [0.4, 0.5) is 5.69 Å². The molecule has 1 heterocycles. The number of benzene rings is 1. The lowest BCUT2D eigenvalue weighted by atomic mass is 10.1. The molecule has 0 saturated heterocycles. The van der Waals surface area contributed by atoms with Gasteiger partial charge in [-0.25, -0.2) is 4.68 Å². The van der Waals surface area contributed by atoms with Gasteiger partial charge in [-0.2, -0.15) is 0 Å². The predicted molar refractivity (Wildman–Crippen MR) is 90.9 cm³/mol. The molecule has 0 bridgehead atoms. The molecule has 0 spiro atoms. The number of tetrazole rings is 1. The van der Waals surface area contributed by atoms with Crippen LogP contribution in [0, 0.1) is 0 Å². The summed E-state index contributed by atoms with van der Waals surface area (Å²) in [5.41, 5.74) is 0.532. The van der Waals surface area contributed by atoms with Crippen molar-refractivity contribution < 1.29 is 4.79 Å². The van der Waals surface area contributed by atoms with Crippen molar-refractivity contribution in [1.82, 2.24) is 20.2 Å². The van der Waals surface area contributed by atoms with E-state index in [1.807, 2.05) is 52.0 Å². The van der Waals surface area contributed by atoms with Gasteiger partial charge >= 0.3 is 0 Å². The second kappa shape index (κ2) is 6.78. The first-order valence-electron chi connectivity index (χ1n) is 6.79. The minimum Gasteiger partial charge on any atom is -0.325 e. The lowest BCUT2D eigenvalue weighted by molar-refractivity contribution is -0.115. The minimum atomic E-state index is -0.309. The molecule has 1 aromatic heterocycles. The van der Waals surface area contributed by atoms with Crippen LogP contribution in [0.25, 0.3) is 0 Å². The summed E-state index contributed by atoms with van der Waals surface area (Å²) < 4.78 is 2.69. The summed E-state index contributed by atoms with van der Waals surface area (Å²) in [4.78, 5) is 12.3. The molecule has 0 radical (unpaired) electrons. The van der Waals surface area contributed by atoms with Gasteiger partial charge < -0.3 is 5.32 Å². The molecule has 0 aliphatic carbocycles. The van der Waals surface area contributed by atoms with Crippen LogP contribution in [0.1, 0.15) is 27.7 Å². The summed E-state index contributed by atoms with van der Waals surface area (Å²) in [6, 6.07) is 7.46. The molecular weight excluding hydrogens is 366 g/mol. The molecule has 1 aromatic carbocycles. The molecule has 8 heteroatoms. The van der Waals surface area contributed by atoms with Gasteiger partial charge in [-0.05, 0) is 62.4 Å². The van der Waals surface area contributed by atoms with E-state index in [0.29, 0.717) is 5.16 Å².